The quantitative estimate of drug-likeness (QED) is 0.760. The molecule has 1 aromatic rings. The lowest BCUT2D eigenvalue weighted by atomic mass is 9.97. The molecule has 3 heteroatoms. The van der Waals surface area contributed by atoms with Crippen LogP contribution in [-0.2, 0) is 4.74 Å². The summed E-state index contributed by atoms with van der Waals surface area (Å²) >= 11 is 0. The maximum absolute atomic E-state index is 13.6. The third-order valence-electron chi connectivity index (χ3n) is 4.15. The molecule has 1 saturated heterocycles. The van der Waals surface area contributed by atoms with Gasteiger partial charge in [-0.25, -0.2) is 4.39 Å². The highest BCUT2D eigenvalue weighted by Crippen LogP contribution is 2.24. The molecule has 2 nitrogen and oxygen atoms in total. The number of hydrogen-bond donors (Lipinski definition) is 1. The average Bonchev–Trinajstić information content (AvgIpc) is 2.94. The molecular weight excluding hydrogens is 265 g/mol. The van der Waals surface area contributed by atoms with Gasteiger partial charge in [0.05, 0.1) is 6.10 Å². The molecule has 118 valence electrons. The minimum Gasteiger partial charge on any atom is -0.378 e. The molecule has 0 aliphatic carbocycles. The predicted octanol–water partition coefficient (Wildman–Crippen LogP) is 4.52. The number of aryl methyl sites for hydroxylation is 1. The van der Waals surface area contributed by atoms with Crippen LogP contribution in [0.15, 0.2) is 18.2 Å². The molecule has 1 heterocycles. The minimum atomic E-state index is -0.132. The molecule has 21 heavy (non-hydrogen) atoms. The van der Waals surface area contributed by atoms with Gasteiger partial charge in [0.25, 0.3) is 0 Å². The fourth-order valence-corrected chi connectivity index (χ4v) is 3.09. The molecule has 0 bridgehead atoms. The first-order chi connectivity index (χ1) is 10.2. The Balaban J connectivity index is 1.92. The Hall–Kier alpha value is -0.930. The van der Waals surface area contributed by atoms with Crippen LogP contribution in [0, 0.1) is 12.7 Å². The topological polar surface area (TPSA) is 21.3 Å². The first kappa shape index (κ1) is 16.4. The van der Waals surface area contributed by atoms with Gasteiger partial charge in [0.1, 0.15) is 5.82 Å². The maximum Gasteiger partial charge on any atom is 0.123 e. The lowest BCUT2D eigenvalue weighted by Crippen LogP contribution is -2.22. The van der Waals surface area contributed by atoms with E-state index in [1.165, 1.54) is 12.8 Å². The van der Waals surface area contributed by atoms with Gasteiger partial charge in [0, 0.05) is 12.6 Å². The summed E-state index contributed by atoms with van der Waals surface area (Å²) < 4.78 is 19.3. The van der Waals surface area contributed by atoms with Crippen molar-refractivity contribution in [2.75, 3.05) is 13.2 Å². The van der Waals surface area contributed by atoms with E-state index in [4.69, 9.17) is 4.74 Å². The van der Waals surface area contributed by atoms with Crippen LogP contribution in [-0.4, -0.2) is 19.3 Å². The summed E-state index contributed by atoms with van der Waals surface area (Å²) in [5.41, 5.74) is 2.07. The zero-order chi connectivity index (χ0) is 15.1. The highest BCUT2D eigenvalue weighted by atomic mass is 19.1. The lowest BCUT2D eigenvalue weighted by Gasteiger charge is -2.20. The van der Waals surface area contributed by atoms with Crippen LogP contribution in [0.1, 0.15) is 62.6 Å². The molecule has 2 rings (SSSR count). The van der Waals surface area contributed by atoms with Crippen LogP contribution in [0.4, 0.5) is 4.39 Å². The van der Waals surface area contributed by atoms with Crippen LogP contribution in [0.25, 0.3) is 0 Å². The summed E-state index contributed by atoms with van der Waals surface area (Å²) in [7, 11) is 0. The van der Waals surface area contributed by atoms with Gasteiger partial charge in [-0.1, -0.05) is 13.0 Å². The number of rotatable bonds is 8. The highest BCUT2D eigenvalue weighted by molar-refractivity contribution is 5.26. The Kier molecular flexibility index (Phi) is 6.65. The number of halogens is 1. The number of ether oxygens (including phenoxy) is 1. The van der Waals surface area contributed by atoms with Crippen LogP contribution in [0.2, 0.25) is 0 Å². The summed E-state index contributed by atoms with van der Waals surface area (Å²) in [6.07, 6.45) is 7.24. The van der Waals surface area contributed by atoms with Gasteiger partial charge >= 0.3 is 0 Å². The molecular formula is C18H28FNO. The van der Waals surface area contributed by atoms with E-state index in [0.29, 0.717) is 6.10 Å². The number of benzene rings is 1. The lowest BCUT2D eigenvalue weighted by molar-refractivity contribution is 0.101. The number of hydrogen-bond acceptors (Lipinski definition) is 2. The van der Waals surface area contributed by atoms with Crippen LogP contribution < -0.4 is 5.32 Å². The van der Waals surface area contributed by atoms with Gasteiger partial charge in [-0.3, -0.25) is 0 Å². The molecule has 1 aliphatic heterocycles. The Labute approximate surface area is 128 Å². The van der Waals surface area contributed by atoms with E-state index < -0.39 is 0 Å². The summed E-state index contributed by atoms with van der Waals surface area (Å²) in [5, 5.41) is 3.56. The molecule has 1 N–H and O–H groups in total. The van der Waals surface area contributed by atoms with Crippen LogP contribution in [0.5, 0.6) is 0 Å². The fourth-order valence-electron chi connectivity index (χ4n) is 3.09. The maximum atomic E-state index is 13.6. The largest absolute Gasteiger partial charge is 0.378 e. The van der Waals surface area contributed by atoms with Crippen molar-refractivity contribution in [1.82, 2.24) is 5.32 Å². The van der Waals surface area contributed by atoms with E-state index in [2.05, 4.69) is 18.3 Å². The van der Waals surface area contributed by atoms with E-state index in [1.807, 2.05) is 6.92 Å². The van der Waals surface area contributed by atoms with Crippen molar-refractivity contribution < 1.29 is 9.13 Å². The third-order valence-corrected chi connectivity index (χ3v) is 4.15. The normalized spacial score (nSPS) is 19.9. The van der Waals surface area contributed by atoms with E-state index >= 15 is 0 Å². The van der Waals surface area contributed by atoms with Crippen molar-refractivity contribution in [3.05, 3.63) is 35.1 Å². The van der Waals surface area contributed by atoms with Crippen molar-refractivity contribution >= 4 is 0 Å². The van der Waals surface area contributed by atoms with Gasteiger partial charge in [0.2, 0.25) is 0 Å². The second kappa shape index (κ2) is 8.50. The SMILES string of the molecule is CCCNC(CCCC1CCCO1)c1cc(C)cc(F)c1. The molecule has 1 aromatic carbocycles. The molecule has 2 atom stereocenters. The zero-order valence-electron chi connectivity index (χ0n) is 13.3. The molecule has 0 spiro atoms. The van der Waals surface area contributed by atoms with Crippen molar-refractivity contribution in [1.29, 1.82) is 0 Å². The summed E-state index contributed by atoms with van der Waals surface area (Å²) in [6.45, 7) is 6.01. The van der Waals surface area contributed by atoms with Crippen molar-refractivity contribution in [3.8, 4) is 0 Å². The molecule has 0 aromatic heterocycles. The van der Waals surface area contributed by atoms with Crippen LogP contribution in [0.3, 0.4) is 0 Å². The number of nitrogens with one attached hydrogen (secondary N) is 1. The Morgan fingerprint density at radius 2 is 2.24 bits per heavy atom. The second-order valence-electron chi connectivity index (χ2n) is 6.13. The third kappa shape index (κ3) is 5.40. The monoisotopic (exact) mass is 293 g/mol. The van der Waals surface area contributed by atoms with E-state index in [-0.39, 0.29) is 11.9 Å². The molecule has 0 radical (unpaired) electrons. The van der Waals surface area contributed by atoms with Gasteiger partial charge in [0.15, 0.2) is 0 Å². The molecule has 1 aliphatic rings. The Morgan fingerprint density at radius 1 is 1.38 bits per heavy atom. The summed E-state index contributed by atoms with van der Waals surface area (Å²) in [6, 6.07) is 5.61. The first-order valence-electron chi connectivity index (χ1n) is 8.31. The second-order valence-corrected chi connectivity index (χ2v) is 6.13. The van der Waals surface area contributed by atoms with Crippen molar-refractivity contribution in [3.63, 3.8) is 0 Å². The van der Waals surface area contributed by atoms with E-state index in [9.17, 15) is 4.39 Å². The highest BCUT2D eigenvalue weighted by Gasteiger charge is 2.17. The Morgan fingerprint density at radius 3 is 2.90 bits per heavy atom. The minimum absolute atomic E-state index is 0.132. The Bertz CT molecular complexity index is 409. The average molecular weight is 293 g/mol. The van der Waals surface area contributed by atoms with Crippen molar-refractivity contribution in [2.24, 2.45) is 0 Å². The van der Waals surface area contributed by atoms with Crippen LogP contribution >= 0.6 is 0 Å². The van der Waals surface area contributed by atoms with Gasteiger partial charge in [-0.15, -0.1) is 0 Å². The molecule has 2 unspecified atom stereocenters. The van der Waals surface area contributed by atoms with E-state index in [0.717, 1.165) is 50.0 Å². The predicted molar refractivity (Wildman–Crippen MR) is 85.0 cm³/mol. The van der Waals surface area contributed by atoms with Gasteiger partial charge in [-0.05, 0) is 75.3 Å². The first-order valence-corrected chi connectivity index (χ1v) is 8.31. The summed E-state index contributed by atoms with van der Waals surface area (Å²) in [5.74, 6) is -0.132. The van der Waals surface area contributed by atoms with Gasteiger partial charge < -0.3 is 10.1 Å². The standard InChI is InChI=1S/C18H28FNO/c1-3-9-20-18(8-4-6-17-7-5-10-21-17)15-11-14(2)12-16(19)13-15/h11-13,17-18,20H,3-10H2,1-2H3. The summed E-state index contributed by atoms with van der Waals surface area (Å²) in [4.78, 5) is 0. The molecule has 0 amide bonds. The fraction of sp³-hybridized carbons (Fsp3) is 0.667. The van der Waals surface area contributed by atoms with E-state index in [1.54, 1.807) is 12.1 Å². The van der Waals surface area contributed by atoms with Crippen molar-refractivity contribution in [2.45, 2.75) is 64.5 Å². The molecule has 0 saturated carbocycles. The molecule has 1 fully saturated rings. The van der Waals surface area contributed by atoms with Gasteiger partial charge in [-0.2, -0.15) is 0 Å². The smallest absolute Gasteiger partial charge is 0.123 e. The zero-order valence-corrected chi connectivity index (χ0v) is 13.3.